The van der Waals surface area contributed by atoms with Gasteiger partial charge in [0, 0.05) is 86.9 Å². The van der Waals surface area contributed by atoms with Crippen LogP contribution in [0, 0.1) is 0 Å². The van der Waals surface area contributed by atoms with Crippen LogP contribution in [0.3, 0.4) is 0 Å². The van der Waals surface area contributed by atoms with Gasteiger partial charge in [0.25, 0.3) is 6.43 Å². The molecule has 2 saturated heterocycles. The monoisotopic (exact) mass is 596 g/mol. The summed E-state index contributed by atoms with van der Waals surface area (Å²) >= 11 is 0. The largest absolute Gasteiger partial charge is 0.381 e. The van der Waals surface area contributed by atoms with Crippen molar-refractivity contribution in [1.82, 2.24) is 24.5 Å². The van der Waals surface area contributed by atoms with Crippen LogP contribution in [0.25, 0.3) is 11.1 Å². The van der Waals surface area contributed by atoms with Crippen LogP contribution in [0.1, 0.15) is 67.5 Å². The molecule has 2 fully saturated rings. The molecular formula is C31H38F2N6O4. The van der Waals surface area contributed by atoms with E-state index in [-0.39, 0.29) is 23.8 Å². The van der Waals surface area contributed by atoms with Crippen LogP contribution in [0.2, 0.25) is 0 Å². The number of benzene rings is 1. The minimum atomic E-state index is -2.66. The molecule has 0 saturated carbocycles. The van der Waals surface area contributed by atoms with Crippen LogP contribution in [-0.4, -0.2) is 76.2 Å². The van der Waals surface area contributed by atoms with Crippen molar-refractivity contribution in [3.05, 3.63) is 46.9 Å². The number of rotatable bonds is 7. The van der Waals surface area contributed by atoms with Gasteiger partial charge >= 0.3 is 0 Å². The quantitative estimate of drug-likeness (QED) is 0.388. The Morgan fingerprint density at radius 3 is 2.67 bits per heavy atom. The summed E-state index contributed by atoms with van der Waals surface area (Å²) in [4.78, 5) is 16.3. The van der Waals surface area contributed by atoms with Crippen LogP contribution < -0.4 is 4.90 Å². The molecular weight excluding hydrogens is 558 g/mol. The van der Waals surface area contributed by atoms with E-state index < -0.39 is 6.43 Å². The van der Waals surface area contributed by atoms with Gasteiger partial charge in [0.2, 0.25) is 5.91 Å². The van der Waals surface area contributed by atoms with E-state index in [1.165, 1.54) is 0 Å². The lowest BCUT2D eigenvalue weighted by atomic mass is 9.92. The third-order valence-corrected chi connectivity index (χ3v) is 9.14. The molecule has 4 aliphatic rings. The fourth-order valence-corrected chi connectivity index (χ4v) is 6.88. The van der Waals surface area contributed by atoms with Crippen LogP contribution in [-0.2, 0) is 44.9 Å². The molecule has 6 heterocycles. The lowest BCUT2D eigenvalue weighted by Gasteiger charge is -2.33. The molecule has 0 spiro atoms. The summed E-state index contributed by atoms with van der Waals surface area (Å²) < 4.78 is 49.9. The van der Waals surface area contributed by atoms with Gasteiger partial charge in [-0.3, -0.25) is 14.2 Å². The van der Waals surface area contributed by atoms with Crippen LogP contribution in [0.15, 0.2) is 24.5 Å². The Kier molecular flexibility index (Phi) is 7.91. The maximum Gasteiger partial charge on any atom is 0.264 e. The second-order valence-corrected chi connectivity index (χ2v) is 11.8. The van der Waals surface area contributed by atoms with E-state index in [1.54, 1.807) is 23.9 Å². The van der Waals surface area contributed by atoms with Gasteiger partial charge < -0.3 is 24.0 Å². The molecule has 4 aliphatic heterocycles. The number of aryl methyl sites for hydroxylation is 2. The number of ether oxygens (including phenoxy) is 3. The molecule has 0 aliphatic carbocycles. The summed E-state index contributed by atoms with van der Waals surface area (Å²) in [5, 5.41) is 9.61. The lowest BCUT2D eigenvalue weighted by molar-refractivity contribution is -0.129. The predicted octanol–water partition coefficient (Wildman–Crippen LogP) is 4.79. The molecule has 230 valence electrons. The standard InChI is InChI=1S/C31H38F2N6O4/c1-20(40)36-9-4-27-26(19-36)31(35-39(27)23-6-11-41-12-7-23)38-8-2-3-21-15-24(25(30(32)33)16-28(21)38)22-17-34-37(18-22)10-5-29-42-13-14-43-29/h15-18,23,29-30H,2-14,19H2,1H3. The normalized spacial score (nSPS) is 19.7. The zero-order valence-corrected chi connectivity index (χ0v) is 24.5. The number of hydrogen-bond donors (Lipinski definition) is 0. The van der Waals surface area contributed by atoms with Crippen molar-refractivity contribution in [3.8, 4) is 11.1 Å². The first-order chi connectivity index (χ1) is 21.0. The minimum absolute atomic E-state index is 0.0178. The molecule has 0 radical (unpaired) electrons. The third kappa shape index (κ3) is 5.56. The van der Waals surface area contributed by atoms with Crippen LogP contribution in [0.4, 0.5) is 20.3 Å². The van der Waals surface area contributed by atoms with E-state index in [2.05, 4.69) is 14.7 Å². The van der Waals surface area contributed by atoms with Gasteiger partial charge in [-0.2, -0.15) is 10.2 Å². The first-order valence-corrected chi connectivity index (χ1v) is 15.4. The Bertz CT molecular complexity index is 1480. The number of anilines is 2. The van der Waals surface area contributed by atoms with Crippen molar-refractivity contribution in [2.45, 2.75) is 77.3 Å². The highest BCUT2D eigenvalue weighted by Crippen LogP contribution is 2.43. The number of nitrogens with zero attached hydrogens (tertiary/aromatic N) is 6. The van der Waals surface area contributed by atoms with Gasteiger partial charge in [0.15, 0.2) is 12.1 Å². The predicted molar refractivity (Wildman–Crippen MR) is 154 cm³/mol. The highest BCUT2D eigenvalue weighted by Gasteiger charge is 2.34. The topological polar surface area (TPSA) is 86.9 Å². The van der Waals surface area contributed by atoms with E-state index in [4.69, 9.17) is 19.3 Å². The van der Waals surface area contributed by atoms with Gasteiger partial charge in [-0.25, -0.2) is 8.78 Å². The van der Waals surface area contributed by atoms with Gasteiger partial charge in [0.05, 0.1) is 32.0 Å². The summed E-state index contributed by atoms with van der Waals surface area (Å²) in [5.74, 6) is 0.813. The van der Waals surface area contributed by atoms with E-state index >= 15 is 0 Å². The first-order valence-electron chi connectivity index (χ1n) is 15.4. The zero-order chi connectivity index (χ0) is 29.5. The maximum atomic E-state index is 14.7. The van der Waals surface area contributed by atoms with Crippen molar-refractivity contribution in [1.29, 1.82) is 0 Å². The van der Waals surface area contributed by atoms with Gasteiger partial charge in [-0.15, -0.1) is 0 Å². The smallest absolute Gasteiger partial charge is 0.264 e. The Balaban J connectivity index is 1.24. The minimum Gasteiger partial charge on any atom is -0.381 e. The molecule has 12 heteroatoms. The fourth-order valence-electron chi connectivity index (χ4n) is 6.88. The number of carbonyl (C=O) groups excluding carboxylic acids is 1. The van der Waals surface area contributed by atoms with Crippen LogP contribution >= 0.6 is 0 Å². The van der Waals surface area contributed by atoms with Crippen molar-refractivity contribution < 1.29 is 27.8 Å². The van der Waals surface area contributed by atoms with E-state index in [1.807, 2.05) is 17.2 Å². The zero-order valence-electron chi connectivity index (χ0n) is 24.5. The van der Waals surface area contributed by atoms with Crippen LogP contribution in [0.5, 0.6) is 0 Å². The summed E-state index contributed by atoms with van der Waals surface area (Å²) in [7, 11) is 0. The third-order valence-electron chi connectivity index (χ3n) is 9.14. The molecule has 0 atom stereocenters. The molecule has 0 N–H and O–H groups in total. The highest BCUT2D eigenvalue weighted by atomic mass is 19.3. The number of halogens is 2. The van der Waals surface area contributed by atoms with Gasteiger partial charge in [-0.1, -0.05) is 0 Å². The number of hydrogen-bond acceptors (Lipinski definition) is 7. The summed E-state index contributed by atoms with van der Waals surface area (Å²) in [5.41, 5.74) is 5.12. The molecule has 3 aromatic rings. The van der Waals surface area contributed by atoms with Crippen molar-refractivity contribution in [2.75, 3.05) is 44.4 Å². The second-order valence-electron chi connectivity index (χ2n) is 11.8. The molecule has 2 aromatic heterocycles. The molecule has 0 unspecified atom stereocenters. The molecule has 0 bridgehead atoms. The van der Waals surface area contributed by atoms with Crippen molar-refractivity contribution in [2.24, 2.45) is 0 Å². The summed E-state index contributed by atoms with van der Waals surface area (Å²) in [6.07, 6.45) is 5.38. The number of fused-ring (bicyclic) bond motifs is 2. The van der Waals surface area contributed by atoms with Crippen molar-refractivity contribution in [3.63, 3.8) is 0 Å². The maximum absolute atomic E-state index is 14.7. The average molecular weight is 597 g/mol. The summed E-state index contributed by atoms with van der Waals surface area (Å²) in [6, 6.07) is 3.79. The van der Waals surface area contributed by atoms with E-state index in [0.29, 0.717) is 70.2 Å². The molecule has 43 heavy (non-hydrogen) atoms. The Hall–Kier alpha value is -3.35. The molecule has 1 aromatic carbocycles. The molecule has 10 nitrogen and oxygen atoms in total. The number of alkyl halides is 2. The fraction of sp³-hybridized carbons (Fsp3) is 0.581. The second kappa shape index (κ2) is 12.0. The number of aromatic nitrogens is 4. The summed E-state index contributed by atoms with van der Waals surface area (Å²) in [6.45, 7) is 6.55. The van der Waals surface area contributed by atoms with E-state index in [9.17, 15) is 13.6 Å². The number of amides is 1. The molecule has 1 amide bonds. The van der Waals surface area contributed by atoms with Crippen molar-refractivity contribution >= 4 is 17.4 Å². The lowest BCUT2D eigenvalue weighted by Crippen LogP contribution is -2.36. The van der Waals surface area contributed by atoms with Gasteiger partial charge in [0.1, 0.15) is 0 Å². The average Bonchev–Trinajstić information content (AvgIpc) is 3.79. The SMILES string of the molecule is CC(=O)N1CCc2c(c(N3CCCc4cc(-c5cnn(CCC6OCCO6)c5)c(C(F)F)cc43)nn2C2CCOCC2)C1. The Labute approximate surface area is 249 Å². The Morgan fingerprint density at radius 1 is 1.09 bits per heavy atom. The molecule has 7 rings (SSSR count). The highest BCUT2D eigenvalue weighted by molar-refractivity contribution is 5.78. The Morgan fingerprint density at radius 2 is 1.91 bits per heavy atom. The van der Waals surface area contributed by atoms with Gasteiger partial charge in [-0.05, 0) is 48.9 Å². The van der Waals surface area contributed by atoms with E-state index in [0.717, 1.165) is 60.4 Å². The first kappa shape index (κ1) is 28.4. The number of carbonyl (C=O) groups is 1.